The highest BCUT2D eigenvalue weighted by Gasteiger charge is 2.12. The highest BCUT2D eigenvalue weighted by molar-refractivity contribution is 7.89. The third-order valence-corrected chi connectivity index (χ3v) is 5.08. The van der Waals surface area contributed by atoms with E-state index in [9.17, 15) is 8.42 Å². The molecular weight excluding hydrogens is 346 g/mol. The molecule has 0 aliphatic carbocycles. The Hall–Kier alpha value is -1.56. The van der Waals surface area contributed by atoms with Gasteiger partial charge in [0.15, 0.2) is 0 Å². The first-order chi connectivity index (χ1) is 11.4. The normalized spacial score (nSPS) is 11.7. The maximum Gasteiger partial charge on any atom is 0.240 e. The van der Waals surface area contributed by atoms with Crippen LogP contribution in [0.5, 0.6) is 5.75 Å². The van der Waals surface area contributed by atoms with Crippen LogP contribution in [-0.2, 0) is 16.4 Å². The lowest BCUT2D eigenvalue weighted by atomic mass is 10.1. The minimum Gasteiger partial charge on any atom is -0.491 e. The Labute approximate surface area is 148 Å². The van der Waals surface area contributed by atoms with Crippen LogP contribution in [0.15, 0.2) is 53.4 Å². The predicted molar refractivity (Wildman–Crippen MR) is 97.2 cm³/mol. The molecule has 2 aromatic rings. The monoisotopic (exact) mass is 367 g/mol. The topological polar surface area (TPSA) is 55.4 Å². The second kappa shape index (κ2) is 8.51. The quantitative estimate of drug-likeness (QED) is 0.716. The van der Waals surface area contributed by atoms with Crippen LogP contribution in [0.2, 0.25) is 5.02 Å². The summed E-state index contributed by atoms with van der Waals surface area (Å²) < 4.78 is 32.5. The number of benzene rings is 2. The molecule has 0 aromatic heterocycles. The number of rotatable bonds is 8. The summed E-state index contributed by atoms with van der Waals surface area (Å²) >= 11 is 5.77. The maximum absolute atomic E-state index is 12.1. The van der Waals surface area contributed by atoms with E-state index in [-0.39, 0.29) is 11.0 Å². The van der Waals surface area contributed by atoms with Gasteiger partial charge in [0, 0.05) is 11.6 Å². The molecule has 0 fully saturated rings. The second-order valence-electron chi connectivity index (χ2n) is 5.77. The molecule has 1 N–H and O–H groups in total. The molecule has 130 valence electrons. The minimum atomic E-state index is -3.48. The van der Waals surface area contributed by atoms with Gasteiger partial charge in [0.1, 0.15) is 5.75 Å². The Morgan fingerprint density at radius 1 is 1.04 bits per heavy atom. The van der Waals surface area contributed by atoms with Gasteiger partial charge in [-0.1, -0.05) is 23.7 Å². The van der Waals surface area contributed by atoms with E-state index in [1.54, 1.807) is 12.1 Å². The molecule has 0 aliphatic heterocycles. The van der Waals surface area contributed by atoms with Crippen molar-refractivity contribution in [1.29, 1.82) is 0 Å². The van der Waals surface area contributed by atoms with Gasteiger partial charge in [-0.25, -0.2) is 13.1 Å². The van der Waals surface area contributed by atoms with E-state index in [0.29, 0.717) is 11.6 Å². The molecule has 0 unspecified atom stereocenters. The third-order valence-electron chi connectivity index (χ3n) is 3.35. The average Bonchev–Trinajstić information content (AvgIpc) is 2.53. The fourth-order valence-electron chi connectivity index (χ4n) is 2.20. The Morgan fingerprint density at radius 3 is 2.25 bits per heavy atom. The van der Waals surface area contributed by atoms with Crippen LogP contribution >= 0.6 is 11.6 Å². The lowest BCUT2D eigenvalue weighted by Gasteiger charge is -2.10. The van der Waals surface area contributed by atoms with Crippen LogP contribution in [0.3, 0.4) is 0 Å². The molecular formula is C18H22ClNO3S. The Morgan fingerprint density at radius 2 is 1.67 bits per heavy atom. The lowest BCUT2D eigenvalue weighted by Crippen LogP contribution is -2.25. The van der Waals surface area contributed by atoms with Gasteiger partial charge in [0.25, 0.3) is 0 Å². The van der Waals surface area contributed by atoms with Crippen LogP contribution in [0.1, 0.15) is 25.8 Å². The first-order valence-electron chi connectivity index (χ1n) is 7.87. The Kier molecular flexibility index (Phi) is 6.66. The van der Waals surface area contributed by atoms with E-state index in [1.165, 1.54) is 12.1 Å². The fraction of sp³-hybridized carbons (Fsp3) is 0.333. The summed E-state index contributed by atoms with van der Waals surface area (Å²) in [5.41, 5.74) is 1.15. The van der Waals surface area contributed by atoms with Crippen LogP contribution in [-0.4, -0.2) is 21.1 Å². The molecule has 0 saturated heterocycles. The number of hydrogen-bond acceptors (Lipinski definition) is 3. The molecule has 0 spiro atoms. The van der Waals surface area contributed by atoms with E-state index in [1.807, 2.05) is 38.1 Å². The van der Waals surface area contributed by atoms with E-state index in [2.05, 4.69) is 4.72 Å². The summed E-state index contributed by atoms with van der Waals surface area (Å²) in [6.07, 6.45) is 1.67. The fourth-order valence-corrected chi connectivity index (χ4v) is 3.40. The van der Waals surface area contributed by atoms with Crippen molar-refractivity contribution in [3.05, 3.63) is 59.1 Å². The Bertz CT molecular complexity index is 741. The van der Waals surface area contributed by atoms with E-state index in [4.69, 9.17) is 16.3 Å². The van der Waals surface area contributed by atoms with Crippen LogP contribution in [0.25, 0.3) is 0 Å². The van der Waals surface area contributed by atoms with Gasteiger partial charge >= 0.3 is 0 Å². The van der Waals surface area contributed by atoms with Crippen molar-refractivity contribution in [2.45, 2.75) is 37.7 Å². The lowest BCUT2D eigenvalue weighted by molar-refractivity contribution is 0.242. The summed E-state index contributed by atoms with van der Waals surface area (Å²) in [4.78, 5) is 0.224. The summed E-state index contributed by atoms with van der Waals surface area (Å²) in [5, 5.41) is 0.513. The SMILES string of the molecule is CC(C)Oc1ccc(CCCNS(=O)(=O)c2ccc(Cl)cc2)cc1. The molecule has 2 aromatic carbocycles. The number of hydrogen-bond donors (Lipinski definition) is 1. The zero-order valence-corrected chi connectivity index (χ0v) is 15.4. The second-order valence-corrected chi connectivity index (χ2v) is 7.97. The van der Waals surface area contributed by atoms with E-state index >= 15 is 0 Å². The standard InChI is InChI=1S/C18H22ClNO3S/c1-14(2)23-17-9-5-15(6-10-17)4-3-13-20-24(21,22)18-11-7-16(19)8-12-18/h5-12,14,20H,3-4,13H2,1-2H3. The van der Waals surface area contributed by atoms with Gasteiger partial charge < -0.3 is 4.74 Å². The summed E-state index contributed by atoms with van der Waals surface area (Å²) in [5.74, 6) is 0.845. The molecule has 0 aliphatic rings. The smallest absolute Gasteiger partial charge is 0.240 e. The first-order valence-corrected chi connectivity index (χ1v) is 9.74. The van der Waals surface area contributed by atoms with Gasteiger partial charge in [0.2, 0.25) is 10.0 Å². The van der Waals surface area contributed by atoms with Gasteiger partial charge in [0.05, 0.1) is 11.0 Å². The van der Waals surface area contributed by atoms with Crippen molar-refractivity contribution in [2.75, 3.05) is 6.54 Å². The van der Waals surface area contributed by atoms with Crippen LogP contribution < -0.4 is 9.46 Å². The molecule has 0 atom stereocenters. The van der Waals surface area contributed by atoms with Crippen molar-refractivity contribution in [2.24, 2.45) is 0 Å². The predicted octanol–water partition coefficient (Wildman–Crippen LogP) is 4.04. The van der Waals surface area contributed by atoms with Crippen LogP contribution in [0, 0.1) is 0 Å². The van der Waals surface area contributed by atoms with Gasteiger partial charge in [-0.05, 0) is 68.7 Å². The summed E-state index contributed by atoms with van der Waals surface area (Å²) in [7, 11) is -3.48. The van der Waals surface area contributed by atoms with Gasteiger partial charge in [-0.3, -0.25) is 0 Å². The zero-order chi connectivity index (χ0) is 17.6. The number of sulfonamides is 1. The van der Waals surface area contributed by atoms with Gasteiger partial charge in [-0.2, -0.15) is 0 Å². The molecule has 0 bridgehead atoms. The summed E-state index contributed by atoms with van der Waals surface area (Å²) in [6.45, 7) is 4.36. The van der Waals surface area contributed by atoms with Gasteiger partial charge in [-0.15, -0.1) is 0 Å². The first kappa shape index (κ1) is 18.8. The molecule has 0 radical (unpaired) electrons. The van der Waals surface area contributed by atoms with Crippen molar-refractivity contribution < 1.29 is 13.2 Å². The molecule has 0 saturated carbocycles. The van der Waals surface area contributed by atoms with E-state index < -0.39 is 10.0 Å². The largest absolute Gasteiger partial charge is 0.491 e. The minimum absolute atomic E-state index is 0.151. The molecule has 0 amide bonds. The van der Waals surface area contributed by atoms with Crippen molar-refractivity contribution in [3.8, 4) is 5.75 Å². The number of nitrogens with one attached hydrogen (secondary N) is 1. The molecule has 24 heavy (non-hydrogen) atoms. The number of aryl methyl sites for hydroxylation is 1. The molecule has 4 nitrogen and oxygen atoms in total. The number of halogens is 1. The zero-order valence-electron chi connectivity index (χ0n) is 13.8. The highest BCUT2D eigenvalue weighted by Crippen LogP contribution is 2.16. The maximum atomic E-state index is 12.1. The van der Waals surface area contributed by atoms with Crippen molar-refractivity contribution in [1.82, 2.24) is 4.72 Å². The molecule has 0 heterocycles. The summed E-state index contributed by atoms with van der Waals surface area (Å²) in [6, 6.07) is 14.0. The molecule has 6 heteroatoms. The number of ether oxygens (including phenoxy) is 1. The highest BCUT2D eigenvalue weighted by atomic mass is 35.5. The molecule has 2 rings (SSSR count). The van der Waals surface area contributed by atoms with Crippen molar-refractivity contribution >= 4 is 21.6 Å². The average molecular weight is 368 g/mol. The Balaban J connectivity index is 1.81. The van der Waals surface area contributed by atoms with Crippen LogP contribution in [0.4, 0.5) is 0 Å². The van der Waals surface area contributed by atoms with E-state index in [0.717, 1.165) is 24.2 Å². The third kappa shape index (κ3) is 5.82. The van der Waals surface area contributed by atoms with Crippen molar-refractivity contribution in [3.63, 3.8) is 0 Å².